The van der Waals surface area contributed by atoms with E-state index in [4.69, 9.17) is 10.5 Å². The molecule has 0 spiro atoms. The van der Waals surface area contributed by atoms with Crippen molar-refractivity contribution in [1.29, 1.82) is 0 Å². The van der Waals surface area contributed by atoms with Gasteiger partial charge in [-0.2, -0.15) is 0 Å². The van der Waals surface area contributed by atoms with Crippen LogP contribution in [-0.2, 0) is 16.9 Å². The number of methoxy groups -OCH3 is 1. The fraction of sp³-hybridized carbons (Fsp3) is 0.346. The third-order valence-electron chi connectivity index (χ3n) is 5.64. The zero-order chi connectivity index (χ0) is 22.6. The molecular formula is C26H31N3O2. The van der Waals surface area contributed by atoms with Gasteiger partial charge in [0, 0.05) is 41.7 Å². The Bertz CT molecular complexity index is 1070. The third kappa shape index (κ3) is 4.60. The lowest BCUT2D eigenvalue weighted by molar-refractivity contribution is 0.102. The minimum Gasteiger partial charge on any atom is -0.398 e. The van der Waals surface area contributed by atoms with E-state index in [0.29, 0.717) is 30.0 Å². The van der Waals surface area contributed by atoms with E-state index in [2.05, 4.69) is 35.2 Å². The quantitative estimate of drug-likeness (QED) is 0.495. The molecule has 3 N–H and O–H groups in total. The highest BCUT2D eigenvalue weighted by atomic mass is 16.5. The Kier molecular flexibility index (Phi) is 6.72. The SMILES string of the molecule is C=C/C=C(/N)c1c(C(=O)Nc2ccc(COC)cc2)c(C#CCC)n(C2(C)CC2)c1C. The number of carbonyl (C=O) groups excluding carboxylic acids is 1. The number of benzene rings is 1. The van der Waals surface area contributed by atoms with E-state index >= 15 is 0 Å². The van der Waals surface area contributed by atoms with E-state index in [1.807, 2.05) is 38.1 Å². The number of nitrogens with zero attached hydrogens (tertiary/aromatic N) is 1. The molecule has 1 aromatic carbocycles. The lowest BCUT2D eigenvalue weighted by atomic mass is 10.0. The Hall–Kier alpha value is -3.23. The molecule has 0 aliphatic heterocycles. The summed E-state index contributed by atoms with van der Waals surface area (Å²) >= 11 is 0. The summed E-state index contributed by atoms with van der Waals surface area (Å²) in [4.78, 5) is 13.5. The molecule has 1 fully saturated rings. The highest BCUT2D eigenvalue weighted by Crippen LogP contribution is 2.47. The second kappa shape index (κ2) is 9.28. The molecule has 0 unspecified atom stereocenters. The van der Waals surface area contributed by atoms with E-state index < -0.39 is 0 Å². The second-order valence-electron chi connectivity index (χ2n) is 8.11. The van der Waals surface area contributed by atoms with Crippen LogP contribution in [0.4, 0.5) is 5.69 Å². The first-order valence-corrected chi connectivity index (χ1v) is 10.6. The van der Waals surface area contributed by atoms with E-state index in [1.54, 1.807) is 19.3 Å². The molecule has 5 nitrogen and oxygen atoms in total. The highest BCUT2D eigenvalue weighted by molar-refractivity contribution is 6.09. The van der Waals surface area contributed by atoms with Crippen LogP contribution in [-0.4, -0.2) is 17.6 Å². The molecule has 1 heterocycles. The topological polar surface area (TPSA) is 69.3 Å². The number of nitrogens with two attached hydrogens (primary N) is 1. The smallest absolute Gasteiger partial charge is 0.259 e. The van der Waals surface area contributed by atoms with Crippen molar-refractivity contribution in [2.75, 3.05) is 12.4 Å². The Morgan fingerprint density at radius 3 is 2.55 bits per heavy atom. The van der Waals surface area contributed by atoms with Crippen molar-refractivity contribution in [3.63, 3.8) is 0 Å². The molecule has 0 saturated heterocycles. The lowest BCUT2D eigenvalue weighted by Crippen LogP contribution is -2.18. The van der Waals surface area contributed by atoms with E-state index in [0.717, 1.165) is 35.4 Å². The molecule has 1 aliphatic rings. The van der Waals surface area contributed by atoms with Gasteiger partial charge in [0.15, 0.2) is 0 Å². The molecule has 1 aliphatic carbocycles. The Balaban J connectivity index is 2.13. The van der Waals surface area contributed by atoms with Gasteiger partial charge in [0.1, 0.15) is 5.69 Å². The van der Waals surface area contributed by atoms with Crippen molar-refractivity contribution in [2.45, 2.75) is 52.2 Å². The molecule has 3 rings (SSSR count). The molecule has 1 amide bonds. The maximum absolute atomic E-state index is 13.5. The Morgan fingerprint density at radius 2 is 2.00 bits per heavy atom. The molecule has 0 atom stereocenters. The van der Waals surface area contributed by atoms with Crippen molar-refractivity contribution in [2.24, 2.45) is 5.73 Å². The summed E-state index contributed by atoms with van der Waals surface area (Å²) in [6.07, 6.45) is 6.18. The van der Waals surface area contributed by atoms with Crippen molar-refractivity contribution in [1.82, 2.24) is 4.57 Å². The van der Waals surface area contributed by atoms with Gasteiger partial charge in [0.05, 0.1) is 12.2 Å². The molecule has 0 bridgehead atoms. The van der Waals surface area contributed by atoms with Gasteiger partial charge in [0.2, 0.25) is 0 Å². The second-order valence-corrected chi connectivity index (χ2v) is 8.11. The van der Waals surface area contributed by atoms with Crippen LogP contribution < -0.4 is 11.1 Å². The summed E-state index contributed by atoms with van der Waals surface area (Å²) in [7, 11) is 1.66. The number of hydrogen-bond donors (Lipinski definition) is 2. The number of allylic oxidation sites excluding steroid dienone is 2. The first kappa shape index (κ1) is 22.5. The molecule has 1 saturated carbocycles. The largest absolute Gasteiger partial charge is 0.398 e. The van der Waals surface area contributed by atoms with Crippen molar-refractivity contribution in [3.05, 3.63) is 71.1 Å². The van der Waals surface area contributed by atoms with Crippen molar-refractivity contribution < 1.29 is 9.53 Å². The van der Waals surface area contributed by atoms with Crippen LogP contribution in [0.2, 0.25) is 0 Å². The number of carbonyl (C=O) groups is 1. The minimum atomic E-state index is -0.221. The Morgan fingerprint density at radius 1 is 1.32 bits per heavy atom. The maximum Gasteiger partial charge on any atom is 0.259 e. The van der Waals surface area contributed by atoms with Gasteiger partial charge >= 0.3 is 0 Å². The van der Waals surface area contributed by atoms with Crippen molar-refractivity contribution >= 4 is 17.3 Å². The van der Waals surface area contributed by atoms with Crippen LogP contribution in [0, 0.1) is 18.8 Å². The van der Waals surface area contributed by atoms with Crippen LogP contribution in [0.15, 0.2) is 43.0 Å². The van der Waals surface area contributed by atoms with Gasteiger partial charge < -0.3 is 20.4 Å². The maximum atomic E-state index is 13.5. The number of aromatic nitrogens is 1. The Labute approximate surface area is 185 Å². The van der Waals surface area contributed by atoms with Gasteiger partial charge in [-0.1, -0.05) is 37.6 Å². The molecule has 162 valence electrons. The van der Waals surface area contributed by atoms with Gasteiger partial charge in [-0.05, 0) is 56.4 Å². The summed E-state index contributed by atoms with van der Waals surface area (Å²) in [6, 6.07) is 7.62. The van der Waals surface area contributed by atoms with Gasteiger partial charge in [-0.25, -0.2) is 0 Å². The number of ether oxygens (including phenoxy) is 1. The standard InChI is InChI=1S/C26H31N3O2/c1-6-8-10-22-24(25(30)28-20-13-11-19(12-14-20)17-31-5)23(21(27)9-7-2)18(3)29(22)26(4)15-16-26/h7,9,11-14H,2,6,15-17,27H2,1,3-5H3,(H,28,30)/b21-9+. The predicted octanol–water partition coefficient (Wildman–Crippen LogP) is 4.95. The number of hydrogen-bond acceptors (Lipinski definition) is 3. The first-order chi connectivity index (χ1) is 14.9. The van der Waals surface area contributed by atoms with Crippen LogP contribution in [0.5, 0.6) is 0 Å². The van der Waals surface area contributed by atoms with Crippen LogP contribution in [0.3, 0.4) is 0 Å². The summed E-state index contributed by atoms with van der Waals surface area (Å²) in [6.45, 7) is 10.5. The number of anilines is 1. The van der Waals surface area contributed by atoms with E-state index in [9.17, 15) is 4.79 Å². The lowest BCUT2D eigenvalue weighted by Gasteiger charge is -2.16. The summed E-state index contributed by atoms with van der Waals surface area (Å²) in [5, 5.41) is 3.02. The van der Waals surface area contributed by atoms with E-state index in [1.165, 1.54) is 0 Å². The molecule has 2 aromatic rings. The molecule has 5 heteroatoms. The average Bonchev–Trinajstić information content (AvgIpc) is 3.40. The number of nitrogens with one attached hydrogen (secondary N) is 1. The fourth-order valence-electron chi connectivity index (χ4n) is 3.89. The van der Waals surface area contributed by atoms with Crippen LogP contribution >= 0.6 is 0 Å². The monoisotopic (exact) mass is 417 g/mol. The zero-order valence-corrected chi connectivity index (χ0v) is 18.8. The average molecular weight is 418 g/mol. The van der Waals surface area contributed by atoms with Crippen LogP contribution in [0.25, 0.3) is 5.70 Å². The zero-order valence-electron chi connectivity index (χ0n) is 18.8. The van der Waals surface area contributed by atoms with Gasteiger partial charge in [-0.15, -0.1) is 0 Å². The van der Waals surface area contributed by atoms with Gasteiger partial charge in [-0.3, -0.25) is 4.79 Å². The van der Waals surface area contributed by atoms with Crippen LogP contribution in [0.1, 0.15) is 66.0 Å². The fourth-order valence-corrected chi connectivity index (χ4v) is 3.89. The minimum absolute atomic E-state index is 0.0363. The number of rotatable bonds is 7. The van der Waals surface area contributed by atoms with Crippen molar-refractivity contribution in [3.8, 4) is 11.8 Å². The normalized spacial score (nSPS) is 14.5. The molecule has 31 heavy (non-hydrogen) atoms. The van der Waals surface area contributed by atoms with E-state index in [-0.39, 0.29) is 11.4 Å². The summed E-state index contributed by atoms with van der Waals surface area (Å²) < 4.78 is 7.36. The predicted molar refractivity (Wildman–Crippen MR) is 127 cm³/mol. The van der Waals surface area contributed by atoms with Gasteiger partial charge in [0.25, 0.3) is 5.91 Å². The molecule has 1 aromatic heterocycles. The third-order valence-corrected chi connectivity index (χ3v) is 5.64. The highest BCUT2D eigenvalue weighted by Gasteiger charge is 2.43. The molecule has 0 radical (unpaired) electrons. The number of amides is 1. The first-order valence-electron chi connectivity index (χ1n) is 10.6. The summed E-state index contributed by atoms with van der Waals surface area (Å²) in [5.41, 5.74) is 11.5. The summed E-state index contributed by atoms with van der Waals surface area (Å²) in [5.74, 6) is 6.19. The molecular weight excluding hydrogens is 386 g/mol.